The predicted molar refractivity (Wildman–Crippen MR) is 81.4 cm³/mol. The Balaban J connectivity index is 2.31. The number of rotatable bonds is 4. The van der Waals surface area contributed by atoms with Gasteiger partial charge in [-0.2, -0.15) is 0 Å². The maximum absolute atomic E-state index is 12.4. The van der Waals surface area contributed by atoms with E-state index in [-0.39, 0.29) is 22.9 Å². The van der Waals surface area contributed by atoms with Crippen LogP contribution >= 0.6 is 0 Å². The van der Waals surface area contributed by atoms with Crippen molar-refractivity contribution in [3.63, 3.8) is 0 Å². The summed E-state index contributed by atoms with van der Waals surface area (Å²) in [5.74, 6) is 6.07. The first kappa shape index (κ1) is 15.8. The van der Waals surface area contributed by atoms with Crippen molar-refractivity contribution in [2.75, 3.05) is 13.7 Å². The zero-order chi connectivity index (χ0) is 15.7. The molecule has 0 bridgehead atoms. The highest BCUT2D eigenvalue weighted by molar-refractivity contribution is 7.89. The standard InChI is InChI=1S/C15H20N2O3S/c1-15(2)10-14(15)17-21(18,19)12-6-7-13(20-3)11(9-12)5-4-8-16/h6-7,9,14,17H,8,10,16H2,1-3H3. The van der Waals surface area contributed by atoms with Crippen LogP contribution in [0.25, 0.3) is 0 Å². The van der Waals surface area contributed by atoms with Gasteiger partial charge < -0.3 is 10.5 Å². The molecule has 6 heteroatoms. The number of sulfonamides is 1. The number of benzene rings is 1. The zero-order valence-electron chi connectivity index (χ0n) is 12.4. The minimum Gasteiger partial charge on any atom is -0.495 e. The lowest BCUT2D eigenvalue weighted by molar-refractivity contribution is 0.413. The SMILES string of the molecule is COc1ccc(S(=O)(=O)NC2CC2(C)C)cc1C#CCN. The smallest absolute Gasteiger partial charge is 0.240 e. The molecule has 0 aliphatic heterocycles. The topological polar surface area (TPSA) is 81.4 Å². The molecule has 1 saturated carbocycles. The molecule has 0 spiro atoms. The summed E-state index contributed by atoms with van der Waals surface area (Å²) in [5, 5.41) is 0. The Morgan fingerprint density at radius 3 is 2.67 bits per heavy atom. The van der Waals surface area contributed by atoms with Crippen LogP contribution in [0, 0.1) is 17.3 Å². The first-order valence-electron chi connectivity index (χ1n) is 6.69. The van der Waals surface area contributed by atoms with Crippen molar-refractivity contribution in [3.8, 4) is 17.6 Å². The molecule has 5 nitrogen and oxygen atoms in total. The molecule has 3 N–H and O–H groups in total. The van der Waals surface area contributed by atoms with Gasteiger partial charge in [-0.3, -0.25) is 0 Å². The van der Waals surface area contributed by atoms with Crippen molar-refractivity contribution in [3.05, 3.63) is 23.8 Å². The minimum absolute atomic E-state index is 0.0109. The molecule has 1 aliphatic rings. The zero-order valence-corrected chi connectivity index (χ0v) is 13.3. The Labute approximate surface area is 125 Å². The van der Waals surface area contributed by atoms with Gasteiger partial charge in [-0.05, 0) is 30.0 Å². The predicted octanol–water partition coefficient (Wildman–Crippen LogP) is 1.08. The van der Waals surface area contributed by atoms with E-state index in [2.05, 4.69) is 16.6 Å². The summed E-state index contributed by atoms with van der Waals surface area (Å²) >= 11 is 0. The van der Waals surface area contributed by atoms with E-state index < -0.39 is 10.0 Å². The summed E-state index contributed by atoms with van der Waals surface area (Å²) in [4.78, 5) is 0.187. The third kappa shape index (κ3) is 3.56. The van der Waals surface area contributed by atoms with E-state index in [4.69, 9.17) is 10.5 Å². The molecule has 1 aromatic carbocycles. The fraction of sp³-hybridized carbons (Fsp3) is 0.467. The molecular formula is C15H20N2O3S. The van der Waals surface area contributed by atoms with Gasteiger partial charge in [0.2, 0.25) is 10.0 Å². The summed E-state index contributed by atoms with van der Waals surface area (Å²) in [5.41, 5.74) is 5.89. The molecule has 1 fully saturated rings. The van der Waals surface area contributed by atoms with Crippen LogP contribution in [0.3, 0.4) is 0 Å². The van der Waals surface area contributed by atoms with Gasteiger partial charge in [-0.25, -0.2) is 13.1 Å². The molecule has 114 valence electrons. The van der Waals surface area contributed by atoms with Crippen LogP contribution in [-0.4, -0.2) is 28.1 Å². The normalized spacial score (nSPS) is 19.5. The van der Waals surface area contributed by atoms with E-state index in [0.717, 1.165) is 6.42 Å². The number of hydrogen-bond donors (Lipinski definition) is 2. The van der Waals surface area contributed by atoms with Gasteiger partial charge in [0, 0.05) is 6.04 Å². The van der Waals surface area contributed by atoms with Crippen LogP contribution in [0.15, 0.2) is 23.1 Å². The van der Waals surface area contributed by atoms with Crippen molar-refractivity contribution in [2.45, 2.75) is 31.2 Å². The quantitative estimate of drug-likeness (QED) is 0.816. The van der Waals surface area contributed by atoms with E-state index in [9.17, 15) is 8.42 Å². The molecule has 0 amide bonds. The average Bonchev–Trinajstić information content (AvgIpc) is 3.01. The van der Waals surface area contributed by atoms with E-state index in [1.165, 1.54) is 19.2 Å². The van der Waals surface area contributed by atoms with Crippen LogP contribution in [0.5, 0.6) is 5.75 Å². The summed E-state index contributed by atoms with van der Waals surface area (Å²) in [6, 6.07) is 4.62. The summed E-state index contributed by atoms with van der Waals surface area (Å²) in [7, 11) is -2.03. The van der Waals surface area contributed by atoms with Crippen molar-refractivity contribution in [1.82, 2.24) is 4.72 Å². The Kier molecular flexibility index (Phi) is 4.28. The molecule has 0 aromatic heterocycles. The molecule has 0 saturated heterocycles. The maximum Gasteiger partial charge on any atom is 0.240 e. The number of nitrogens with one attached hydrogen (secondary N) is 1. The van der Waals surface area contributed by atoms with Crippen LogP contribution in [0.4, 0.5) is 0 Å². The molecule has 2 rings (SSSR count). The number of nitrogens with two attached hydrogens (primary N) is 1. The monoisotopic (exact) mass is 308 g/mol. The molecule has 1 unspecified atom stereocenters. The molecule has 1 atom stereocenters. The highest BCUT2D eigenvalue weighted by Gasteiger charge is 2.47. The van der Waals surface area contributed by atoms with Gasteiger partial charge >= 0.3 is 0 Å². The summed E-state index contributed by atoms with van der Waals surface area (Å²) < 4.78 is 32.6. The fourth-order valence-electron chi connectivity index (χ4n) is 2.02. The van der Waals surface area contributed by atoms with Crippen LogP contribution in [-0.2, 0) is 10.0 Å². The fourth-order valence-corrected chi connectivity index (χ4v) is 3.46. The largest absolute Gasteiger partial charge is 0.495 e. The molecule has 0 radical (unpaired) electrons. The second-order valence-electron chi connectivity index (χ2n) is 5.73. The average molecular weight is 308 g/mol. The van der Waals surface area contributed by atoms with Crippen molar-refractivity contribution in [1.29, 1.82) is 0 Å². The second-order valence-corrected chi connectivity index (χ2v) is 7.45. The lowest BCUT2D eigenvalue weighted by Gasteiger charge is -2.10. The van der Waals surface area contributed by atoms with Gasteiger partial charge in [-0.1, -0.05) is 25.7 Å². The molecular weight excluding hydrogens is 288 g/mol. The van der Waals surface area contributed by atoms with Crippen LogP contribution in [0.2, 0.25) is 0 Å². The van der Waals surface area contributed by atoms with Crippen LogP contribution < -0.4 is 15.2 Å². The van der Waals surface area contributed by atoms with E-state index >= 15 is 0 Å². The first-order valence-corrected chi connectivity index (χ1v) is 8.18. The molecule has 0 heterocycles. The summed E-state index contributed by atoms with van der Waals surface area (Å²) in [6.07, 6.45) is 0.849. The molecule has 1 aliphatic carbocycles. The van der Waals surface area contributed by atoms with Gasteiger partial charge in [0.15, 0.2) is 0 Å². The molecule has 1 aromatic rings. The number of hydrogen-bond acceptors (Lipinski definition) is 4. The van der Waals surface area contributed by atoms with Crippen molar-refractivity contribution in [2.24, 2.45) is 11.1 Å². The third-order valence-electron chi connectivity index (χ3n) is 3.62. The summed E-state index contributed by atoms with van der Waals surface area (Å²) in [6.45, 7) is 4.27. The maximum atomic E-state index is 12.4. The van der Waals surface area contributed by atoms with Crippen LogP contribution in [0.1, 0.15) is 25.8 Å². The number of methoxy groups -OCH3 is 1. The van der Waals surface area contributed by atoms with E-state index in [0.29, 0.717) is 11.3 Å². The lowest BCUT2D eigenvalue weighted by Crippen LogP contribution is -2.28. The van der Waals surface area contributed by atoms with Gasteiger partial charge in [-0.15, -0.1) is 0 Å². The lowest BCUT2D eigenvalue weighted by atomic mass is 10.2. The van der Waals surface area contributed by atoms with E-state index in [1.54, 1.807) is 6.07 Å². The van der Waals surface area contributed by atoms with Gasteiger partial charge in [0.1, 0.15) is 5.75 Å². The first-order chi connectivity index (χ1) is 9.80. The Bertz CT molecular complexity index is 699. The van der Waals surface area contributed by atoms with Crippen molar-refractivity contribution >= 4 is 10.0 Å². The van der Waals surface area contributed by atoms with Gasteiger partial charge in [0.05, 0.1) is 24.1 Å². The highest BCUT2D eigenvalue weighted by atomic mass is 32.2. The highest BCUT2D eigenvalue weighted by Crippen LogP contribution is 2.45. The molecule has 21 heavy (non-hydrogen) atoms. The second kappa shape index (κ2) is 5.68. The van der Waals surface area contributed by atoms with E-state index in [1.807, 2.05) is 13.8 Å². The third-order valence-corrected chi connectivity index (χ3v) is 5.09. The Morgan fingerprint density at radius 2 is 2.14 bits per heavy atom. The van der Waals surface area contributed by atoms with Crippen molar-refractivity contribution < 1.29 is 13.2 Å². The Morgan fingerprint density at radius 1 is 1.48 bits per heavy atom. The van der Waals surface area contributed by atoms with Gasteiger partial charge in [0.25, 0.3) is 0 Å². The Hall–Kier alpha value is -1.55. The minimum atomic E-state index is -3.55. The number of ether oxygens (including phenoxy) is 1.